The molecule has 61 valence electrons. The Balaban J connectivity index is 3.50. The number of aliphatic hydroxyl groups is 1. The fraction of sp³-hybridized carbons (Fsp3) is 0.857. The normalized spacial score (nSPS) is 14.1. The van der Waals surface area contributed by atoms with Crippen LogP contribution in [0.2, 0.25) is 0 Å². The predicted octanol–water partition coefficient (Wildman–Crippen LogP) is 0.930. The molecular formula is C7H15O3. The monoisotopic (exact) mass is 147 g/mol. The first-order valence-corrected chi connectivity index (χ1v) is 3.52. The van der Waals surface area contributed by atoms with Crippen LogP contribution in [0, 0.1) is 6.29 Å². The second-order valence-electron chi connectivity index (χ2n) is 1.86. The van der Waals surface area contributed by atoms with E-state index >= 15 is 0 Å². The van der Waals surface area contributed by atoms with Crippen molar-refractivity contribution in [1.29, 1.82) is 0 Å². The van der Waals surface area contributed by atoms with Crippen LogP contribution in [0.3, 0.4) is 0 Å². The molecule has 0 rings (SSSR count). The maximum absolute atomic E-state index is 8.99. The van der Waals surface area contributed by atoms with Gasteiger partial charge in [0, 0.05) is 13.2 Å². The van der Waals surface area contributed by atoms with Crippen LogP contribution in [-0.4, -0.2) is 24.4 Å². The van der Waals surface area contributed by atoms with Crippen molar-refractivity contribution in [2.75, 3.05) is 13.2 Å². The van der Waals surface area contributed by atoms with Gasteiger partial charge in [-0.2, -0.15) is 0 Å². The molecule has 0 fully saturated rings. The van der Waals surface area contributed by atoms with E-state index in [2.05, 4.69) is 0 Å². The minimum atomic E-state index is -0.639. The third-order valence-corrected chi connectivity index (χ3v) is 0.914. The Hall–Kier alpha value is -0.120. The van der Waals surface area contributed by atoms with Crippen LogP contribution in [0.1, 0.15) is 20.8 Å². The molecular weight excluding hydrogens is 132 g/mol. The van der Waals surface area contributed by atoms with Crippen molar-refractivity contribution in [3.05, 3.63) is 6.29 Å². The van der Waals surface area contributed by atoms with E-state index < -0.39 is 6.10 Å². The molecule has 1 N–H and O–H groups in total. The first kappa shape index (κ1) is 9.88. The summed E-state index contributed by atoms with van der Waals surface area (Å²) in [6.07, 6.45) is -0.329. The van der Waals surface area contributed by atoms with Gasteiger partial charge in [-0.05, 0) is 20.8 Å². The molecule has 0 spiro atoms. The van der Waals surface area contributed by atoms with Gasteiger partial charge >= 0.3 is 0 Å². The first-order valence-electron chi connectivity index (χ1n) is 3.52. The molecule has 0 heterocycles. The van der Waals surface area contributed by atoms with Crippen molar-refractivity contribution < 1.29 is 14.6 Å². The minimum absolute atomic E-state index is 0.310. The molecule has 1 radical (unpaired) electrons. The maximum atomic E-state index is 8.99. The lowest BCUT2D eigenvalue weighted by atomic mass is 10.4. The minimum Gasteiger partial charge on any atom is -0.388 e. The zero-order valence-corrected chi connectivity index (χ0v) is 6.76. The molecule has 0 aliphatic heterocycles. The average molecular weight is 147 g/mol. The van der Waals surface area contributed by atoms with Crippen molar-refractivity contribution >= 4 is 0 Å². The molecule has 0 aliphatic rings. The molecule has 0 bridgehead atoms. The summed E-state index contributed by atoms with van der Waals surface area (Å²) >= 11 is 0. The molecule has 0 aromatic carbocycles. The molecule has 3 nitrogen and oxygen atoms in total. The van der Waals surface area contributed by atoms with Gasteiger partial charge < -0.3 is 14.6 Å². The summed E-state index contributed by atoms with van der Waals surface area (Å²) in [6.45, 7) is 6.37. The van der Waals surface area contributed by atoms with Gasteiger partial charge in [0.25, 0.3) is 6.29 Å². The number of hydrogen-bond acceptors (Lipinski definition) is 3. The van der Waals surface area contributed by atoms with Crippen LogP contribution in [0.15, 0.2) is 0 Å². The number of aliphatic hydroxyl groups excluding tert-OH is 1. The van der Waals surface area contributed by atoms with Crippen LogP contribution in [0.4, 0.5) is 0 Å². The standard InChI is InChI=1S/C7H15O3/c1-4-9-7(6(3)8)10-5-2/h6,8H,4-5H2,1-3H3. The molecule has 1 unspecified atom stereocenters. The summed E-state index contributed by atoms with van der Waals surface area (Å²) in [5.41, 5.74) is 0. The Morgan fingerprint density at radius 1 is 1.30 bits per heavy atom. The van der Waals surface area contributed by atoms with Gasteiger partial charge in [0.2, 0.25) is 0 Å². The summed E-state index contributed by atoms with van der Waals surface area (Å²) in [4.78, 5) is 0. The van der Waals surface area contributed by atoms with Crippen molar-refractivity contribution in [2.24, 2.45) is 0 Å². The average Bonchev–Trinajstić information content (AvgIpc) is 1.87. The lowest BCUT2D eigenvalue weighted by Crippen LogP contribution is -2.20. The van der Waals surface area contributed by atoms with E-state index in [9.17, 15) is 0 Å². The Morgan fingerprint density at radius 3 is 1.90 bits per heavy atom. The van der Waals surface area contributed by atoms with Crippen LogP contribution in [0.25, 0.3) is 0 Å². The number of ether oxygens (including phenoxy) is 2. The highest BCUT2D eigenvalue weighted by atomic mass is 16.7. The summed E-state index contributed by atoms with van der Waals surface area (Å²) in [7, 11) is 0. The fourth-order valence-electron chi connectivity index (χ4n) is 0.567. The molecule has 0 aliphatic carbocycles. The van der Waals surface area contributed by atoms with Crippen molar-refractivity contribution in [2.45, 2.75) is 26.9 Å². The highest BCUT2D eigenvalue weighted by Crippen LogP contribution is 2.09. The highest BCUT2D eigenvalue weighted by molar-refractivity contribution is 4.71. The van der Waals surface area contributed by atoms with E-state index in [-0.39, 0.29) is 0 Å². The molecule has 1 atom stereocenters. The van der Waals surface area contributed by atoms with E-state index in [1.165, 1.54) is 0 Å². The highest BCUT2D eigenvalue weighted by Gasteiger charge is 2.16. The quantitative estimate of drug-likeness (QED) is 0.628. The van der Waals surface area contributed by atoms with E-state index in [1.807, 2.05) is 13.8 Å². The Kier molecular flexibility index (Phi) is 5.58. The number of hydrogen-bond donors (Lipinski definition) is 1. The van der Waals surface area contributed by atoms with Crippen molar-refractivity contribution in [3.63, 3.8) is 0 Å². The molecule has 10 heavy (non-hydrogen) atoms. The van der Waals surface area contributed by atoms with Gasteiger partial charge in [0.05, 0.1) is 0 Å². The Morgan fingerprint density at radius 2 is 1.70 bits per heavy atom. The van der Waals surface area contributed by atoms with Crippen molar-refractivity contribution in [3.8, 4) is 0 Å². The first-order chi connectivity index (χ1) is 4.72. The van der Waals surface area contributed by atoms with Gasteiger partial charge in [0.1, 0.15) is 6.10 Å². The van der Waals surface area contributed by atoms with Crippen LogP contribution in [-0.2, 0) is 9.47 Å². The SMILES string of the molecule is CCO[C](OCC)C(C)O. The van der Waals surface area contributed by atoms with Crippen molar-refractivity contribution in [1.82, 2.24) is 0 Å². The third-order valence-electron chi connectivity index (χ3n) is 0.914. The topological polar surface area (TPSA) is 38.7 Å². The Labute approximate surface area is 62.0 Å². The van der Waals surface area contributed by atoms with E-state index in [0.717, 1.165) is 0 Å². The largest absolute Gasteiger partial charge is 0.388 e. The molecule has 0 saturated heterocycles. The van der Waals surface area contributed by atoms with Gasteiger partial charge in [-0.25, -0.2) is 0 Å². The van der Waals surface area contributed by atoms with E-state index in [1.54, 1.807) is 6.92 Å². The lowest BCUT2D eigenvalue weighted by molar-refractivity contribution is -0.0918. The molecule has 0 amide bonds. The molecule has 0 aromatic rings. The van der Waals surface area contributed by atoms with Gasteiger partial charge in [-0.3, -0.25) is 0 Å². The second kappa shape index (κ2) is 5.65. The van der Waals surface area contributed by atoms with E-state index in [0.29, 0.717) is 19.5 Å². The second-order valence-corrected chi connectivity index (χ2v) is 1.86. The van der Waals surface area contributed by atoms with Gasteiger partial charge in [0.15, 0.2) is 0 Å². The zero-order valence-electron chi connectivity index (χ0n) is 6.76. The van der Waals surface area contributed by atoms with Crippen LogP contribution in [0.5, 0.6) is 0 Å². The van der Waals surface area contributed by atoms with E-state index in [4.69, 9.17) is 14.6 Å². The smallest absolute Gasteiger partial charge is 0.253 e. The summed E-state index contributed by atoms with van der Waals surface area (Å²) in [5, 5.41) is 8.99. The summed E-state index contributed by atoms with van der Waals surface area (Å²) < 4.78 is 9.98. The summed E-state index contributed by atoms with van der Waals surface area (Å²) in [5.74, 6) is 0. The molecule has 0 saturated carbocycles. The number of rotatable bonds is 5. The molecule has 0 aromatic heterocycles. The maximum Gasteiger partial charge on any atom is 0.253 e. The van der Waals surface area contributed by atoms with Crippen LogP contribution >= 0.6 is 0 Å². The Bertz CT molecular complexity index is 67.3. The predicted molar refractivity (Wildman–Crippen MR) is 38.2 cm³/mol. The van der Waals surface area contributed by atoms with Gasteiger partial charge in [-0.15, -0.1) is 0 Å². The third kappa shape index (κ3) is 3.82. The fourth-order valence-corrected chi connectivity index (χ4v) is 0.567. The zero-order chi connectivity index (χ0) is 7.98. The van der Waals surface area contributed by atoms with Crippen LogP contribution < -0.4 is 0 Å². The van der Waals surface area contributed by atoms with Gasteiger partial charge in [-0.1, -0.05) is 0 Å². The molecule has 3 heteroatoms. The summed E-state index contributed by atoms with van der Waals surface area (Å²) in [6, 6.07) is 0. The lowest BCUT2D eigenvalue weighted by Gasteiger charge is -2.16.